The van der Waals surface area contributed by atoms with E-state index in [1.54, 1.807) is 15.4 Å². The molecule has 5 rings (SSSR count). The molecular weight excluding hydrogens is 382 g/mol. The van der Waals surface area contributed by atoms with Crippen LogP contribution in [-0.4, -0.2) is 74.6 Å². The van der Waals surface area contributed by atoms with Crippen molar-refractivity contribution in [2.24, 2.45) is 7.05 Å². The monoisotopic (exact) mass is 409 g/mol. The van der Waals surface area contributed by atoms with Crippen molar-refractivity contribution in [1.29, 1.82) is 0 Å². The van der Waals surface area contributed by atoms with E-state index < -0.39 is 0 Å². The number of hydrogen-bond donors (Lipinski definition) is 0. The molecule has 0 spiro atoms. The molecule has 0 radical (unpaired) electrons. The highest BCUT2D eigenvalue weighted by atomic mass is 16.5. The van der Waals surface area contributed by atoms with Crippen LogP contribution >= 0.6 is 0 Å². The summed E-state index contributed by atoms with van der Waals surface area (Å²) in [6, 6.07) is 4.26. The molecule has 9 heteroatoms. The molecule has 1 saturated heterocycles. The van der Waals surface area contributed by atoms with Gasteiger partial charge in [0, 0.05) is 45.0 Å². The molecule has 3 aromatic rings. The second kappa shape index (κ2) is 7.71. The Bertz CT molecular complexity index is 1060. The number of carbonyl (C=O) groups excluding carboxylic acids is 1. The summed E-state index contributed by atoms with van der Waals surface area (Å²) in [4.78, 5) is 22.0. The minimum atomic E-state index is 0.0281. The number of anilines is 1. The van der Waals surface area contributed by atoms with Gasteiger partial charge in [0.05, 0.1) is 30.7 Å². The number of hydrogen-bond acceptors (Lipinski definition) is 6. The van der Waals surface area contributed by atoms with Gasteiger partial charge in [0.15, 0.2) is 5.65 Å². The van der Waals surface area contributed by atoms with Crippen molar-refractivity contribution in [3.05, 3.63) is 30.1 Å². The second-order valence-electron chi connectivity index (χ2n) is 8.11. The maximum Gasteiger partial charge on any atom is 0.257 e. The zero-order valence-electron chi connectivity index (χ0n) is 17.5. The van der Waals surface area contributed by atoms with Crippen LogP contribution in [-0.2, 0) is 11.8 Å². The summed E-state index contributed by atoms with van der Waals surface area (Å²) >= 11 is 0. The van der Waals surface area contributed by atoms with Gasteiger partial charge < -0.3 is 14.5 Å². The fourth-order valence-electron chi connectivity index (χ4n) is 4.50. The molecule has 3 aromatic heterocycles. The Morgan fingerprint density at radius 1 is 1.23 bits per heavy atom. The van der Waals surface area contributed by atoms with E-state index in [4.69, 9.17) is 9.72 Å². The van der Waals surface area contributed by atoms with E-state index in [2.05, 4.69) is 15.1 Å². The van der Waals surface area contributed by atoms with Crippen LogP contribution in [0.5, 0.6) is 0 Å². The average Bonchev–Trinajstić information content (AvgIpc) is 3.52. The summed E-state index contributed by atoms with van der Waals surface area (Å²) in [5.74, 6) is 0.734. The van der Waals surface area contributed by atoms with Gasteiger partial charge in [-0.25, -0.2) is 4.52 Å². The summed E-state index contributed by atoms with van der Waals surface area (Å²) in [5, 5.41) is 8.98. The van der Waals surface area contributed by atoms with Gasteiger partial charge >= 0.3 is 0 Å². The molecule has 4 heterocycles. The largest absolute Gasteiger partial charge is 0.378 e. The molecule has 1 amide bonds. The topological polar surface area (TPSA) is 80.8 Å². The van der Waals surface area contributed by atoms with Crippen LogP contribution in [0, 0.1) is 0 Å². The standard InChI is InChI=1S/C21H27N7O2/c1-25(16-5-3-4-6-16)20(29)17-14-22-26(2)19(17)15-7-8-28-18(13-15)23-21(24-28)27-9-11-30-12-10-27/h7-8,13-14,16H,3-6,9-12H2,1-2H3. The summed E-state index contributed by atoms with van der Waals surface area (Å²) in [6.45, 7) is 2.96. The van der Waals surface area contributed by atoms with Crippen molar-refractivity contribution in [2.45, 2.75) is 31.7 Å². The lowest BCUT2D eigenvalue weighted by atomic mass is 10.1. The minimum Gasteiger partial charge on any atom is -0.378 e. The molecule has 2 aliphatic rings. The Morgan fingerprint density at radius 3 is 2.77 bits per heavy atom. The van der Waals surface area contributed by atoms with Crippen LogP contribution in [0.2, 0.25) is 0 Å². The van der Waals surface area contributed by atoms with Gasteiger partial charge in [0.1, 0.15) is 0 Å². The first-order chi connectivity index (χ1) is 14.6. The number of nitrogens with zero attached hydrogens (tertiary/aromatic N) is 7. The number of rotatable bonds is 4. The van der Waals surface area contributed by atoms with Crippen molar-refractivity contribution in [1.82, 2.24) is 29.3 Å². The number of aromatic nitrogens is 5. The van der Waals surface area contributed by atoms with Gasteiger partial charge in [-0.1, -0.05) is 12.8 Å². The second-order valence-corrected chi connectivity index (χ2v) is 8.11. The van der Waals surface area contributed by atoms with Gasteiger partial charge in [-0.2, -0.15) is 10.1 Å². The number of aryl methyl sites for hydroxylation is 1. The number of morpholine rings is 1. The molecule has 0 atom stereocenters. The number of fused-ring (bicyclic) bond motifs is 1. The zero-order chi connectivity index (χ0) is 20.7. The van der Waals surface area contributed by atoms with Gasteiger partial charge in [0.25, 0.3) is 5.91 Å². The minimum absolute atomic E-state index is 0.0281. The quantitative estimate of drug-likeness (QED) is 0.656. The van der Waals surface area contributed by atoms with Gasteiger partial charge in [-0.05, 0) is 25.0 Å². The van der Waals surface area contributed by atoms with Crippen LogP contribution < -0.4 is 4.90 Å². The number of amides is 1. The lowest BCUT2D eigenvalue weighted by Crippen LogP contribution is -2.36. The Labute approximate surface area is 175 Å². The SMILES string of the molecule is CN(C(=O)c1cnn(C)c1-c1ccn2nc(N3CCOCC3)nc2c1)C1CCCC1. The Kier molecular flexibility index (Phi) is 4.90. The summed E-state index contributed by atoms with van der Waals surface area (Å²) in [5.41, 5.74) is 3.09. The van der Waals surface area contributed by atoms with Gasteiger partial charge in [-0.3, -0.25) is 9.48 Å². The third kappa shape index (κ3) is 3.32. The first-order valence-corrected chi connectivity index (χ1v) is 10.6. The van der Waals surface area contributed by atoms with E-state index in [0.717, 1.165) is 42.8 Å². The van der Waals surface area contributed by atoms with E-state index >= 15 is 0 Å². The third-order valence-electron chi connectivity index (χ3n) is 6.26. The van der Waals surface area contributed by atoms with Crippen molar-refractivity contribution in [3.8, 4) is 11.3 Å². The van der Waals surface area contributed by atoms with Crippen LogP contribution in [0.15, 0.2) is 24.5 Å². The van der Waals surface area contributed by atoms with Gasteiger partial charge in [-0.15, -0.1) is 5.10 Å². The number of ether oxygens (including phenoxy) is 1. The predicted molar refractivity (Wildman–Crippen MR) is 113 cm³/mol. The lowest BCUT2D eigenvalue weighted by molar-refractivity contribution is 0.0736. The molecular formula is C21H27N7O2. The number of carbonyl (C=O) groups is 1. The van der Waals surface area contributed by atoms with E-state index in [9.17, 15) is 4.79 Å². The smallest absolute Gasteiger partial charge is 0.257 e. The molecule has 1 aliphatic heterocycles. The maximum absolute atomic E-state index is 13.2. The fraction of sp³-hybridized carbons (Fsp3) is 0.524. The van der Waals surface area contributed by atoms with E-state index in [1.807, 2.05) is 37.3 Å². The highest BCUT2D eigenvalue weighted by Gasteiger charge is 2.28. The van der Waals surface area contributed by atoms with Crippen molar-refractivity contribution < 1.29 is 9.53 Å². The Morgan fingerprint density at radius 2 is 2.00 bits per heavy atom. The van der Waals surface area contributed by atoms with Crippen LogP contribution in [0.4, 0.5) is 5.95 Å². The molecule has 158 valence electrons. The van der Waals surface area contributed by atoms with E-state index in [0.29, 0.717) is 30.8 Å². The van der Waals surface area contributed by atoms with Crippen LogP contribution in [0.3, 0.4) is 0 Å². The number of pyridine rings is 1. The summed E-state index contributed by atoms with van der Waals surface area (Å²) in [6.07, 6.45) is 8.11. The molecule has 0 N–H and O–H groups in total. The molecule has 0 aromatic carbocycles. The average molecular weight is 409 g/mol. The van der Waals surface area contributed by atoms with Crippen molar-refractivity contribution in [3.63, 3.8) is 0 Å². The Hall–Kier alpha value is -2.94. The fourth-order valence-corrected chi connectivity index (χ4v) is 4.50. The molecule has 0 bridgehead atoms. The van der Waals surface area contributed by atoms with E-state index in [1.165, 1.54) is 12.8 Å². The van der Waals surface area contributed by atoms with Crippen LogP contribution in [0.1, 0.15) is 36.0 Å². The zero-order valence-corrected chi connectivity index (χ0v) is 17.5. The lowest BCUT2D eigenvalue weighted by Gasteiger charge is -2.25. The molecule has 9 nitrogen and oxygen atoms in total. The highest BCUT2D eigenvalue weighted by molar-refractivity contribution is 6.00. The third-order valence-corrected chi connectivity index (χ3v) is 6.26. The maximum atomic E-state index is 13.2. The van der Waals surface area contributed by atoms with E-state index in [-0.39, 0.29) is 5.91 Å². The summed E-state index contributed by atoms with van der Waals surface area (Å²) in [7, 11) is 3.78. The first kappa shape index (κ1) is 19.0. The van der Waals surface area contributed by atoms with Crippen LogP contribution in [0.25, 0.3) is 16.9 Å². The molecule has 1 saturated carbocycles. The predicted octanol–water partition coefficient (Wildman–Crippen LogP) is 1.98. The first-order valence-electron chi connectivity index (χ1n) is 10.6. The molecule has 1 aliphatic carbocycles. The molecule has 30 heavy (non-hydrogen) atoms. The highest BCUT2D eigenvalue weighted by Crippen LogP contribution is 2.28. The molecule has 2 fully saturated rings. The Balaban J connectivity index is 1.47. The molecule has 0 unspecified atom stereocenters. The normalized spacial score (nSPS) is 17.7. The van der Waals surface area contributed by atoms with Crippen molar-refractivity contribution in [2.75, 3.05) is 38.3 Å². The summed E-state index contributed by atoms with van der Waals surface area (Å²) < 4.78 is 8.96. The van der Waals surface area contributed by atoms with Crippen molar-refractivity contribution >= 4 is 17.5 Å². The van der Waals surface area contributed by atoms with Gasteiger partial charge in [0.2, 0.25) is 5.95 Å².